The van der Waals surface area contributed by atoms with Gasteiger partial charge in [-0.15, -0.1) is 0 Å². The SMILES string of the molecule is CC(=Cc1ccc(Cl)c(F)c1)[N+](=O)[O-]. The molecular weight excluding hydrogens is 209 g/mol. The molecule has 0 aliphatic rings. The third kappa shape index (κ3) is 2.53. The van der Waals surface area contributed by atoms with Crippen LogP contribution in [-0.4, -0.2) is 4.92 Å². The van der Waals surface area contributed by atoms with E-state index in [1.165, 1.54) is 25.1 Å². The number of nitro groups is 1. The average Bonchev–Trinajstić information content (AvgIpc) is 2.11. The Morgan fingerprint density at radius 3 is 2.79 bits per heavy atom. The van der Waals surface area contributed by atoms with E-state index >= 15 is 0 Å². The van der Waals surface area contributed by atoms with E-state index in [1.807, 2.05) is 0 Å². The fourth-order valence-electron chi connectivity index (χ4n) is 0.896. The first-order valence-corrected chi connectivity index (χ1v) is 4.16. The Labute approximate surface area is 85.0 Å². The van der Waals surface area contributed by atoms with Crippen molar-refractivity contribution >= 4 is 17.7 Å². The van der Waals surface area contributed by atoms with E-state index < -0.39 is 10.7 Å². The minimum atomic E-state index is -0.587. The van der Waals surface area contributed by atoms with Gasteiger partial charge in [-0.05, 0) is 17.7 Å². The molecule has 1 aromatic carbocycles. The van der Waals surface area contributed by atoms with Crippen molar-refractivity contribution in [2.75, 3.05) is 0 Å². The molecule has 5 heteroatoms. The molecule has 0 amide bonds. The number of benzene rings is 1. The van der Waals surface area contributed by atoms with Crippen molar-refractivity contribution in [1.82, 2.24) is 0 Å². The van der Waals surface area contributed by atoms with E-state index in [9.17, 15) is 14.5 Å². The Hall–Kier alpha value is -1.42. The molecule has 0 radical (unpaired) electrons. The van der Waals surface area contributed by atoms with Crippen LogP contribution in [0, 0.1) is 15.9 Å². The highest BCUT2D eigenvalue weighted by Crippen LogP contribution is 2.17. The topological polar surface area (TPSA) is 43.1 Å². The van der Waals surface area contributed by atoms with Gasteiger partial charge in [0.15, 0.2) is 0 Å². The predicted octanol–water partition coefficient (Wildman–Crippen LogP) is 3.12. The summed E-state index contributed by atoms with van der Waals surface area (Å²) in [6.45, 7) is 1.34. The first-order valence-electron chi connectivity index (χ1n) is 3.78. The van der Waals surface area contributed by atoms with Gasteiger partial charge in [-0.3, -0.25) is 10.1 Å². The van der Waals surface area contributed by atoms with E-state index in [1.54, 1.807) is 0 Å². The van der Waals surface area contributed by atoms with Gasteiger partial charge in [-0.2, -0.15) is 0 Å². The van der Waals surface area contributed by atoms with Crippen LogP contribution in [0.15, 0.2) is 23.9 Å². The van der Waals surface area contributed by atoms with Gasteiger partial charge in [0.25, 0.3) is 0 Å². The molecule has 0 unspecified atom stereocenters. The average molecular weight is 216 g/mol. The molecule has 3 nitrogen and oxygen atoms in total. The molecule has 0 saturated carbocycles. The maximum Gasteiger partial charge on any atom is 0.243 e. The van der Waals surface area contributed by atoms with Gasteiger partial charge in [-0.1, -0.05) is 17.7 Å². The predicted molar refractivity (Wildman–Crippen MR) is 52.1 cm³/mol. The highest BCUT2D eigenvalue weighted by atomic mass is 35.5. The van der Waals surface area contributed by atoms with Crippen molar-refractivity contribution < 1.29 is 9.31 Å². The lowest BCUT2D eigenvalue weighted by Crippen LogP contribution is -1.93. The lowest BCUT2D eigenvalue weighted by Gasteiger charge is -1.96. The zero-order valence-electron chi connectivity index (χ0n) is 7.33. The van der Waals surface area contributed by atoms with Crippen molar-refractivity contribution in [1.29, 1.82) is 0 Å². The van der Waals surface area contributed by atoms with Crippen LogP contribution in [0.3, 0.4) is 0 Å². The van der Waals surface area contributed by atoms with Crippen LogP contribution in [0.4, 0.5) is 4.39 Å². The second-order valence-corrected chi connectivity index (χ2v) is 3.12. The largest absolute Gasteiger partial charge is 0.259 e. The summed E-state index contributed by atoms with van der Waals surface area (Å²) in [5.74, 6) is -0.587. The van der Waals surface area contributed by atoms with Crippen LogP contribution in [0.2, 0.25) is 5.02 Å². The summed E-state index contributed by atoms with van der Waals surface area (Å²) in [4.78, 5) is 9.74. The summed E-state index contributed by atoms with van der Waals surface area (Å²) >= 11 is 5.45. The van der Waals surface area contributed by atoms with Gasteiger partial charge in [-0.25, -0.2) is 4.39 Å². The van der Waals surface area contributed by atoms with Crippen molar-refractivity contribution in [3.63, 3.8) is 0 Å². The zero-order chi connectivity index (χ0) is 10.7. The van der Waals surface area contributed by atoms with E-state index in [2.05, 4.69) is 0 Å². The van der Waals surface area contributed by atoms with Crippen LogP contribution < -0.4 is 0 Å². The zero-order valence-corrected chi connectivity index (χ0v) is 8.08. The standard InChI is InChI=1S/C9H7ClFNO2/c1-6(12(13)14)4-7-2-3-8(10)9(11)5-7/h2-5H,1H3. The fourth-order valence-corrected chi connectivity index (χ4v) is 1.01. The summed E-state index contributed by atoms with van der Waals surface area (Å²) < 4.78 is 12.9. The Bertz CT molecular complexity index is 404. The van der Waals surface area contributed by atoms with E-state index in [-0.39, 0.29) is 10.7 Å². The molecule has 0 bridgehead atoms. The van der Waals surface area contributed by atoms with Crippen LogP contribution in [-0.2, 0) is 0 Å². The lowest BCUT2D eigenvalue weighted by atomic mass is 10.2. The molecule has 14 heavy (non-hydrogen) atoms. The molecule has 0 atom stereocenters. The molecule has 0 saturated heterocycles. The molecule has 1 rings (SSSR count). The number of hydrogen-bond donors (Lipinski definition) is 0. The summed E-state index contributed by atoms with van der Waals surface area (Å²) in [5, 5.41) is 10.3. The third-order valence-electron chi connectivity index (χ3n) is 1.61. The van der Waals surface area contributed by atoms with Crippen molar-refractivity contribution in [2.45, 2.75) is 6.92 Å². The van der Waals surface area contributed by atoms with Crippen LogP contribution in [0.1, 0.15) is 12.5 Å². The number of allylic oxidation sites excluding steroid dienone is 1. The molecule has 0 spiro atoms. The highest BCUT2D eigenvalue weighted by molar-refractivity contribution is 6.30. The molecule has 0 aromatic heterocycles. The Balaban J connectivity index is 3.04. The maximum atomic E-state index is 12.9. The first kappa shape index (κ1) is 10.7. The monoisotopic (exact) mass is 215 g/mol. The molecule has 0 N–H and O–H groups in total. The molecular formula is C9H7ClFNO2. The van der Waals surface area contributed by atoms with Gasteiger partial charge in [0.05, 0.1) is 9.95 Å². The number of nitrogens with zero attached hydrogens (tertiary/aromatic N) is 1. The Morgan fingerprint density at radius 1 is 1.64 bits per heavy atom. The minimum Gasteiger partial charge on any atom is -0.259 e. The van der Waals surface area contributed by atoms with Gasteiger partial charge in [0.1, 0.15) is 5.82 Å². The smallest absolute Gasteiger partial charge is 0.243 e. The van der Waals surface area contributed by atoms with E-state index in [0.29, 0.717) is 5.56 Å². The second kappa shape index (κ2) is 4.19. The minimum absolute atomic E-state index is 0.000839. The maximum absolute atomic E-state index is 12.9. The first-order chi connectivity index (χ1) is 6.50. The lowest BCUT2D eigenvalue weighted by molar-refractivity contribution is -0.422. The van der Waals surface area contributed by atoms with Gasteiger partial charge in [0, 0.05) is 13.0 Å². The number of halogens is 2. The van der Waals surface area contributed by atoms with E-state index in [4.69, 9.17) is 11.6 Å². The van der Waals surface area contributed by atoms with Gasteiger partial charge in [0.2, 0.25) is 5.70 Å². The van der Waals surface area contributed by atoms with Crippen molar-refractivity contribution in [3.05, 3.63) is 50.4 Å². The second-order valence-electron chi connectivity index (χ2n) is 2.72. The molecule has 1 aromatic rings. The van der Waals surface area contributed by atoms with Crippen LogP contribution in [0.25, 0.3) is 6.08 Å². The molecule has 74 valence electrons. The normalized spacial score (nSPS) is 11.5. The van der Waals surface area contributed by atoms with E-state index in [0.717, 1.165) is 6.07 Å². The summed E-state index contributed by atoms with van der Waals surface area (Å²) in [6, 6.07) is 4.02. The van der Waals surface area contributed by atoms with Crippen LogP contribution >= 0.6 is 11.6 Å². The fraction of sp³-hybridized carbons (Fsp3) is 0.111. The summed E-state index contributed by atoms with van der Waals surface area (Å²) in [5.41, 5.74) is 0.368. The van der Waals surface area contributed by atoms with Gasteiger partial charge >= 0.3 is 0 Å². The quantitative estimate of drug-likeness (QED) is 0.562. The summed E-state index contributed by atoms with van der Waals surface area (Å²) in [7, 11) is 0. The summed E-state index contributed by atoms with van der Waals surface area (Å²) in [6.07, 6.45) is 1.28. The molecule has 0 aliphatic carbocycles. The van der Waals surface area contributed by atoms with Gasteiger partial charge < -0.3 is 0 Å². The Morgan fingerprint density at radius 2 is 2.29 bits per heavy atom. The molecule has 0 heterocycles. The molecule has 0 aliphatic heterocycles. The molecule has 0 fully saturated rings. The van der Waals surface area contributed by atoms with Crippen molar-refractivity contribution in [3.8, 4) is 0 Å². The third-order valence-corrected chi connectivity index (χ3v) is 1.91. The Kier molecular flexibility index (Phi) is 3.19. The van der Waals surface area contributed by atoms with Crippen LogP contribution in [0.5, 0.6) is 0 Å². The highest BCUT2D eigenvalue weighted by Gasteiger charge is 2.04. The number of hydrogen-bond acceptors (Lipinski definition) is 2. The van der Waals surface area contributed by atoms with Crippen molar-refractivity contribution in [2.24, 2.45) is 0 Å². The number of rotatable bonds is 2.